The van der Waals surface area contributed by atoms with E-state index in [9.17, 15) is 4.79 Å². The van der Waals surface area contributed by atoms with Gasteiger partial charge in [-0.2, -0.15) is 0 Å². The lowest BCUT2D eigenvalue weighted by Gasteiger charge is -2.22. The van der Waals surface area contributed by atoms with Crippen molar-refractivity contribution < 1.29 is 14.3 Å². The number of carbonyl (C=O) groups excluding carboxylic acids is 1. The molecule has 1 aliphatic heterocycles. The van der Waals surface area contributed by atoms with Crippen LogP contribution in [0, 0.1) is 5.92 Å². The molecule has 1 aliphatic rings. The molecular weight excluding hydrogens is 288 g/mol. The van der Waals surface area contributed by atoms with Crippen molar-refractivity contribution in [1.82, 2.24) is 4.98 Å². The summed E-state index contributed by atoms with van der Waals surface area (Å²) in [5, 5.41) is 6.13. The zero-order valence-electron chi connectivity index (χ0n) is 13.0. The molecule has 0 saturated carbocycles. The van der Waals surface area contributed by atoms with Gasteiger partial charge in [-0.25, -0.2) is 4.98 Å². The van der Waals surface area contributed by atoms with Crippen molar-refractivity contribution in [2.75, 3.05) is 31.7 Å². The van der Waals surface area contributed by atoms with Crippen molar-refractivity contribution >= 4 is 22.4 Å². The quantitative estimate of drug-likeness (QED) is 0.819. The normalized spacial score (nSPS) is 19.3. The molecule has 21 heavy (non-hydrogen) atoms. The summed E-state index contributed by atoms with van der Waals surface area (Å²) in [5.74, 6) is 0.312. The van der Waals surface area contributed by atoms with Crippen LogP contribution in [0.3, 0.4) is 0 Å². The molecule has 0 radical (unpaired) electrons. The van der Waals surface area contributed by atoms with Crippen LogP contribution < -0.4 is 5.32 Å². The average molecular weight is 312 g/mol. The predicted molar refractivity (Wildman–Crippen MR) is 83.8 cm³/mol. The average Bonchev–Trinajstić information content (AvgIpc) is 2.96. The van der Waals surface area contributed by atoms with Crippen LogP contribution in [0.2, 0.25) is 0 Å². The molecule has 2 heterocycles. The summed E-state index contributed by atoms with van der Waals surface area (Å²) in [5.41, 5.74) is 0.0498. The third-order valence-electron chi connectivity index (χ3n) is 3.73. The number of hydrogen-bond acceptors (Lipinski definition) is 6. The van der Waals surface area contributed by atoms with Gasteiger partial charge in [-0.05, 0) is 39.5 Å². The third-order valence-corrected chi connectivity index (χ3v) is 4.53. The van der Waals surface area contributed by atoms with Crippen molar-refractivity contribution in [3.63, 3.8) is 0 Å². The standard InChI is InChI=1S/C15H24N2O3S/c1-4-20-13(18)15(2,3)12-10-21-14(17-12)16-8-11-6-5-7-19-9-11/h10-11H,4-9H2,1-3H3,(H,16,17). The van der Waals surface area contributed by atoms with Crippen molar-refractivity contribution in [2.24, 2.45) is 5.92 Å². The molecule has 1 N–H and O–H groups in total. The van der Waals surface area contributed by atoms with Gasteiger partial charge in [0, 0.05) is 18.5 Å². The summed E-state index contributed by atoms with van der Waals surface area (Å²) in [6.45, 7) is 8.46. The molecule has 0 amide bonds. The highest BCUT2D eigenvalue weighted by atomic mass is 32.1. The molecule has 5 nitrogen and oxygen atoms in total. The summed E-state index contributed by atoms with van der Waals surface area (Å²) < 4.78 is 10.6. The van der Waals surface area contributed by atoms with Crippen LogP contribution in [0.15, 0.2) is 5.38 Å². The van der Waals surface area contributed by atoms with E-state index in [0.29, 0.717) is 12.5 Å². The molecule has 6 heteroatoms. The highest BCUT2D eigenvalue weighted by Gasteiger charge is 2.34. The minimum Gasteiger partial charge on any atom is -0.465 e. The summed E-state index contributed by atoms with van der Waals surface area (Å²) >= 11 is 1.53. The number of ether oxygens (including phenoxy) is 2. The fourth-order valence-corrected chi connectivity index (χ4v) is 3.15. The molecule has 2 rings (SSSR count). The smallest absolute Gasteiger partial charge is 0.317 e. The Morgan fingerprint density at radius 3 is 3.10 bits per heavy atom. The Kier molecular flexibility index (Phi) is 5.58. The van der Waals surface area contributed by atoms with Gasteiger partial charge in [-0.1, -0.05) is 0 Å². The summed E-state index contributed by atoms with van der Waals surface area (Å²) in [6.07, 6.45) is 2.32. The fraction of sp³-hybridized carbons (Fsp3) is 0.733. The molecule has 1 aromatic rings. The Hall–Kier alpha value is -1.14. The van der Waals surface area contributed by atoms with E-state index in [-0.39, 0.29) is 5.97 Å². The van der Waals surface area contributed by atoms with Gasteiger partial charge in [-0.15, -0.1) is 11.3 Å². The zero-order valence-corrected chi connectivity index (χ0v) is 13.8. The minimum absolute atomic E-state index is 0.234. The first-order valence-corrected chi connectivity index (χ1v) is 8.37. The van der Waals surface area contributed by atoms with E-state index in [1.54, 1.807) is 0 Å². The Morgan fingerprint density at radius 2 is 2.43 bits per heavy atom. The zero-order chi connectivity index (χ0) is 15.3. The molecule has 1 atom stereocenters. The third kappa shape index (κ3) is 4.17. The number of aromatic nitrogens is 1. The van der Waals surface area contributed by atoms with Gasteiger partial charge in [0.15, 0.2) is 5.13 Å². The lowest BCUT2D eigenvalue weighted by Crippen LogP contribution is -2.31. The van der Waals surface area contributed by atoms with E-state index in [0.717, 1.165) is 37.0 Å². The molecule has 0 aliphatic carbocycles. The van der Waals surface area contributed by atoms with Gasteiger partial charge in [0.1, 0.15) is 5.41 Å². The molecule has 1 unspecified atom stereocenters. The number of anilines is 1. The Bertz CT molecular complexity index is 467. The lowest BCUT2D eigenvalue weighted by molar-refractivity contribution is -0.148. The van der Waals surface area contributed by atoms with E-state index >= 15 is 0 Å². The topological polar surface area (TPSA) is 60.5 Å². The molecule has 1 aromatic heterocycles. The molecule has 1 saturated heterocycles. The minimum atomic E-state index is -0.708. The van der Waals surface area contributed by atoms with Gasteiger partial charge in [-0.3, -0.25) is 4.79 Å². The van der Waals surface area contributed by atoms with Crippen molar-refractivity contribution in [3.05, 3.63) is 11.1 Å². The summed E-state index contributed by atoms with van der Waals surface area (Å²) in [4.78, 5) is 16.5. The number of esters is 1. The van der Waals surface area contributed by atoms with Gasteiger partial charge in [0.25, 0.3) is 0 Å². The maximum atomic E-state index is 12.0. The van der Waals surface area contributed by atoms with Gasteiger partial charge in [0.05, 0.1) is 18.9 Å². The highest BCUT2D eigenvalue weighted by Crippen LogP contribution is 2.28. The number of carbonyl (C=O) groups is 1. The summed E-state index contributed by atoms with van der Waals surface area (Å²) in [6, 6.07) is 0. The highest BCUT2D eigenvalue weighted by molar-refractivity contribution is 7.13. The van der Waals surface area contributed by atoms with Crippen LogP contribution in [0.5, 0.6) is 0 Å². The number of hydrogen-bond donors (Lipinski definition) is 1. The van der Waals surface area contributed by atoms with Crippen LogP contribution in [-0.2, 0) is 19.7 Å². The number of rotatable bonds is 6. The van der Waals surface area contributed by atoms with Gasteiger partial charge < -0.3 is 14.8 Å². The first kappa shape index (κ1) is 16.2. The predicted octanol–water partition coefficient (Wildman–Crippen LogP) is 2.82. The Morgan fingerprint density at radius 1 is 1.62 bits per heavy atom. The van der Waals surface area contributed by atoms with Crippen LogP contribution in [-0.4, -0.2) is 37.3 Å². The van der Waals surface area contributed by atoms with E-state index in [1.807, 2.05) is 26.2 Å². The van der Waals surface area contributed by atoms with E-state index in [4.69, 9.17) is 9.47 Å². The number of nitrogens with one attached hydrogen (secondary N) is 1. The van der Waals surface area contributed by atoms with Gasteiger partial charge in [0.2, 0.25) is 0 Å². The molecule has 0 aromatic carbocycles. The first-order chi connectivity index (χ1) is 10.0. The largest absolute Gasteiger partial charge is 0.465 e. The Balaban J connectivity index is 1.92. The van der Waals surface area contributed by atoms with Gasteiger partial charge >= 0.3 is 5.97 Å². The second-order valence-electron chi connectivity index (χ2n) is 5.85. The van der Waals surface area contributed by atoms with Crippen molar-refractivity contribution in [2.45, 2.75) is 39.0 Å². The maximum absolute atomic E-state index is 12.0. The number of thiazole rings is 1. The van der Waals surface area contributed by atoms with Crippen LogP contribution in [0.25, 0.3) is 0 Å². The van der Waals surface area contributed by atoms with E-state index in [1.165, 1.54) is 17.8 Å². The molecule has 1 fully saturated rings. The Labute approximate surface area is 130 Å². The lowest BCUT2D eigenvalue weighted by atomic mass is 9.90. The van der Waals surface area contributed by atoms with Crippen LogP contribution in [0.1, 0.15) is 39.3 Å². The van der Waals surface area contributed by atoms with Crippen molar-refractivity contribution in [3.8, 4) is 0 Å². The fourth-order valence-electron chi connectivity index (χ4n) is 2.26. The monoisotopic (exact) mass is 312 g/mol. The summed E-state index contributed by atoms with van der Waals surface area (Å²) in [7, 11) is 0. The first-order valence-electron chi connectivity index (χ1n) is 7.49. The number of nitrogens with zero attached hydrogens (tertiary/aromatic N) is 1. The second-order valence-corrected chi connectivity index (χ2v) is 6.71. The molecule has 0 bridgehead atoms. The molecular formula is C15H24N2O3S. The molecule has 118 valence electrons. The SMILES string of the molecule is CCOC(=O)C(C)(C)c1csc(NCC2CCCOC2)n1. The van der Waals surface area contributed by atoms with Crippen molar-refractivity contribution in [1.29, 1.82) is 0 Å². The van der Waals surface area contributed by atoms with E-state index in [2.05, 4.69) is 10.3 Å². The maximum Gasteiger partial charge on any atom is 0.317 e. The van der Waals surface area contributed by atoms with E-state index < -0.39 is 5.41 Å². The molecule has 0 spiro atoms. The second kappa shape index (κ2) is 7.22. The van der Waals surface area contributed by atoms with Crippen LogP contribution >= 0.6 is 11.3 Å². The van der Waals surface area contributed by atoms with Crippen LogP contribution in [0.4, 0.5) is 5.13 Å².